The van der Waals surface area contributed by atoms with Gasteiger partial charge in [-0.15, -0.1) is 12.8 Å². The van der Waals surface area contributed by atoms with Gasteiger partial charge in [0.1, 0.15) is 24.7 Å². The first-order valence-electron chi connectivity index (χ1n) is 8.86. The van der Waals surface area contributed by atoms with Gasteiger partial charge in [0.25, 0.3) is 0 Å². The normalized spacial score (nSPS) is 10.0. The van der Waals surface area contributed by atoms with Crippen LogP contribution in [0.2, 0.25) is 0 Å². The van der Waals surface area contributed by atoms with E-state index < -0.39 is 0 Å². The molecule has 6 nitrogen and oxygen atoms in total. The first-order valence-corrected chi connectivity index (χ1v) is 8.86. The average molecular weight is 406 g/mol. The molecule has 0 aromatic heterocycles. The Morgan fingerprint density at radius 2 is 1.53 bits per heavy atom. The zero-order valence-electron chi connectivity index (χ0n) is 17.1. The minimum Gasteiger partial charge on any atom is -0.493 e. The van der Waals surface area contributed by atoms with Crippen LogP contribution in [0.1, 0.15) is 15.9 Å². The summed E-state index contributed by atoms with van der Waals surface area (Å²) in [5, 5.41) is 0. The summed E-state index contributed by atoms with van der Waals surface area (Å²) in [6.07, 6.45) is 13.5. The third-order valence-corrected chi connectivity index (χ3v) is 3.97. The van der Waals surface area contributed by atoms with E-state index in [1.165, 1.54) is 27.4 Å². The molecule has 0 heterocycles. The van der Waals surface area contributed by atoms with Gasteiger partial charge in [-0.1, -0.05) is 17.9 Å². The van der Waals surface area contributed by atoms with Crippen LogP contribution >= 0.6 is 0 Å². The number of ketones is 1. The Balaban J connectivity index is 2.33. The SMILES string of the molecule is C#CCOc1ccc(C(=O)/C=C/c2cc(OC)c(OC)c(OC)c2)c(OCC#C)c1. The minimum atomic E-state index is -0.278. The van der Waals surface area contributed by atoms with Crippen molar-refractivity contribution in [1.82, 2.24) is 0 Å². The summed E-state index contributed by atoms with van der Waals surface area (Å²) in [4.78, 5) is 12.8. The average Bonchev–Trinajstić information content (AvgIpc) is 2.78. The van der Waals surface area contributed by atoms with Gasteiger partial charge in [-0.05, 0) is 35.9 Å². The summed E-state index contributed by atoms with van der Waals surface area (Å²) in [5.41, 5.74) is 1.03. The number of ether oxygens (including phenoxy) is 5. The largest absolute Gasteiger partial charge is 0.493 e. The Morgan fingerprint density at radius 1 is 0.900 bits per heavy atom. The van der Waals surface area contributed by atoms with E-state index in [9.17, 15) is 4.79 Å². The predicted octanol–water partition coefficient (Wildman–Crippen LogP) is 3.63. The van der Waals surface area contributed by atoms with Gasteiger partial charge in [-0.3, -0.25) is 4.79 Å². The summed E-state index contributed by atoms with van der Waals surface area (Å²) in [7, 11) is 4.57. The number of benzene rings is 2. The molecule has 0 radical (unpaired) electrons. The molecule has 154 valence electrons. The first-order chi connectivity index (χ1) is 14.6. The van der Waals surface area contributed by atoms with Gasteiger partial charge in [0.15, 0.2) is 17.3 Å². The molecule has 2 aromatic rings. The van der Waals surface area contributed by atoms with Gasteiger partial charge >= 0.3 is 0 Å². The number of methoxy groups -OCH3 is 3. The van der Waals surface area contributed by atoms with E-state index in [1.807, 2.05) is 0 Å². The molecule has 0 aliphatic rings. The number of terminal acetylenes is 2. The minimum absolute atomic E-state index is 0.00939. The van der Waals surface area contributed by atoms with Crippen molar-refractivity contribution in [2.45, 2.75) is 0 Å². The van der Waals surface area contributed by atoms with Crippen LogP contribution in [-0.4, -0.2) is 40.3 Å². The van der Waals surface area contributed by atoms with Gasteiger partial charge in [-0.25, -0.2) is 0 Å². The number of hydrogen-bond donors (Lipinski definition) is 0. The van der Waals surface area contributed by atoms with Crippen molar-refractivity contribution >= 4 is 11.9 Å². The summed E-state index contributed by atoms with van der Waals surface area (Å²) in [6.45, 7) is 0.109. The zero-order valence-corrected chi connectivity index (χ0v) is 17.1. The Labute approximate surface area is 176 Å². The third-order valence-electron chi connectivity index (χ3n) is 3.97. The smallest absolute Gasteiger partial charge is 0.203 e. The quantitative estimate of drug-likeness (QED) is 0.341. The highest BCUT2D eigenvalue weighted by atomic mass is 16.5. The maximum absolute atomic E-state index is 12.8. The Kier molecular flexibility index (Phi) is 8.23. The van der Waals surface area contributed by atoms with E-state index in [4.69, 9.17) is 36.5 Å². The monoisotopic (exact) mass is 406 g/mol. The van der Waals surface area contributed by atoms with Crippen LogP contribution in [-0.2, 0) is 0 Å². The van der Waals surface area contributed by atoms with Crippen molar-refractivity contribution in [3.8, 4) is 53.4 Å². The number of rotatable bonds is 10. The molecule has 0 fully saturated rings. The van der Waals surface area contributed by atoms with Crippen molar-refractivity contribution in [2.75, 3.05) is 34.5 Å². The van der Waals surface area contributed by atoms with Crippen molar-refractivity contribution in [1.29, 1.82) is 0 Å². The van der Waals surface area contributed by atoms with E-state index in [-0.39, 0.29) is 19.0 Å². The lowest BCUT2D eigenvalue weighted by molar-refractivity contribution is 0.104. The van der Waals surface area contributed by atoms with Crippen molar-refractivity contribution < 1.29 is 28.5 Å². The highest BCUT2D eigenvalue weighted by Gasteiger charge is 2.14. The molecule has 0 spiro atoms. The van der Waals surface area contributed by atoms with E-state index in [2.05, 4.69) is 11.8 Å². The van der Waals surface area contributed by atoms with Gasteiger partial charge in [0, 0.05) is 6.07 Å². The van der Waals surface area contributed by atoms with Crippen LogP contribution in [0, 0.1) is 24.7 Å². The molecule has 2 aromatic carbocycles. The molecule has 0 unspecified atom stereocenters. The van der Waals surface area contributed by atoms with Crippen molar-refractivity contribution in [2.24, 2.45) is 0 Å². The second-order valence-electron chi connectivity index (χ2n) is 5.80. The fraction of sp³-hybridized carbons (Fsp3) is 0.208. The van der Waals surface area contributed by atoms with Gasteiger partial charge < -0.3 is 23.7 Å². The lowest BCUT2D eigenvalue weighted by Gasteiger charge is -2.13. The van der Waals surface area contributed by atoms with Gasteiger partial charge in [-0.2, -0.15) is 0 Å². The molecule has 0 bridgehead atoms. The maximum atomic E-state index is 12.8. The molecule has 0 N–H and O–H groups in total. The fourth-order valence-corrected chi connectivity index (χ4v) is 2.62. The summed E-state index contributed by atoms with van der Waals surface area (Å²) >= 11 is 0. The molecular weight excluding hydrogens is 384 g/mol. The number of allylic oxidation sites excluding steroid dienone is 1. The Morgan fingerprint density at radius 3 is 2.10 bits per heavy atom. The highest BCUT2D eigenvalue weighted by Crippen LogP contribution is 2.38. The molecule has 0 saturated heterocycles. The molecule has 0 aliphatic carbocycles. The van der Waals surface area contributed by atoms with Crippen LogP contribution in [0.5, 0.6) is 28.7 Å². The maximum Gasteiger partial charge on any atom is 0.203 e. The summed E-state index contributed by atoms with van der Waals surface area (Å²) in [5.74, 6) is 6.69. The van der Waals surface area contributed by atoms with Crippen molar-refractivity contribution in [3.05, 3.63) is 47.5 Å². The number of hydrogen-bond acceptors (Lipinski definition) is 6. The zero-order chi connectivity index (χ0) is 21.9. The molecular formula is C24H22O6. The predicted molar refractivity (Wildman–Crippen MR) is 115 cm³/mol. The van der Waals surface area contributed by atoms with E-state index in [0.29, 0.717) is 39.9 Å². The standard InChI is InChI=1S/C24H22O6/c1-6-12-29-18-9-10-19(21(16-18)30-13-7-2)20(25)11-8-17-14-22(26-3)24(28-5)23(15-17)27-4/h1-2,8-11,14-16H,12-13H2,3-5H3/b11-8+. The summed E-state index contributed by atoms with van der Waals surface area (Å²) < 4.78 is 26.8. The molecule has 0 atom stereocenters. The van der Waals surface area contributed by atoms with Gasteiger partial charge in [0.05, 0.1) is 26.9 Å². The fourth-order valence-electron chi connectivity index (χ4n) is 2.62. The van der Waals surface area contributed by atoms with E-state index in [1.54, 1.807) is 36.4 Å². The molecule has 0 saturated carbocycles. The first kappa shape index (κ1) is 22.3. The van der Waals surface area contributed by atoms with Crippen LogP contribution in [0.3, 0.4) is 0 Å². The lowest BCUT2D eigenvalue weighted by Crippen LogP contribution is -2.03. The second kappa shape index (κ2) is 11.1. The number of carbonyl (C=O) groups excluding carboxylic acids is 1. The van der Waals surface area contributed by atoms with Crippen LogP contribution in [0.15, 0.2) is 36.4 Å². The van der Waals surface area contributed by atoms with E-state index in [0.717, 1.165) is 0 Å². The summed E-state index contributed by atoms with van der Waals surface area (Å²) in [6, 6.07) is 8.28. The third kappa shape index (κ3) is 5.50. The topological polar surface area (TPSA) is 63.2 Å². The van der Waals surface area contributed by atoms with Crippen LogP contribution in [0.25, 0.3) is 6.08 Å². The van der Waals surface area contributed by atoms with E-state index >= 15 is 0 Å². The Bertz CT molecular complexity index is 982. The highest BCUT2D eigenvalue weighted by molar-refractivity contribution is 6.08. The van der Waals surface area contributed by atoms with Gasteiger partial charge in [0.2, 0.25) is 5.75 Å². The molecule has 6 heteroatoms. The van der Waals surface area contributed by atoms with Crippen LogP contribution in [0.4, 0.5) is 0 Å². The lowest BCUT2D eigenvalue weighted by atomic mass is 10.1. The molecule has 0 amide bonds. The van der Waals surface area contributed by atoms with Crippen LogP contribution < -0.4 is 23.7 Å². The molecule has 2 rings (SSSR count). The Hall–Kier alpha value is -4.03. The second-order valence-corrected chi connectivity index (χ2v) is 5.80. The number of carbonyl (C=O) groups is 1. The van der Waals surface area contributed by atoms with Crippen molar-refractivity contribution in [3.63, 3.8) is 0 Å². The molecule has 0 aliphatic heterocycles. The molecule has 30 heavy (non-hydrogen) atoms.